The maximum atomic E-state index is 12.1. The normalized spacial score (nSPS) is 23.4. The van der Waals surface area contributed by atoms with Crippen molar-refractivity contribution in [1.29, 1.82) is 0 Å². The van der Waals surface area contributed by atoms with Crippen molar-refractivity contribution in [3.8, 4) is 0 Å². The highest BCUT2D eigenvalue weighted by atomic mass is 16.5. The third kappa shape index (κ3) is 4.82. The Kier molecular flexibility index (Phi) is 5.79. The Morgan fingerprint density at radius 3 is 2.80 bits per heavy atom. The highest BCUT2D eigenvalue weighted by Crippen LogP contribution is 2.39. The Balaban J connectivity index is 1.36. The van der Waals surface area contributed by atoms with Gasteiger partial charge in [-0.2, -0.15) is 5.10 Å². The molecule has 140 valence electrons. The zero-order chi connectivity index (χ0) is 17.9. The maximum absolute atomic E-state index is 12.1. The maximum Gasteiger partial charge on any atom is 0.221 e. The smallest absolute Gasteiger partial charge is 0.221 e. The van der Waals surface area contributed by atoms with E-state index in [0.29, 0.717) is 25.6 Å². The van der Waals surface area contributed by atoms with E-state index in [1.54, 1.807) is 0 Å². The van der Waals surface area contributed by atoms with Crippen LogP contribution in [0.4, 0.5) is 0 Å². The second kappa shape index (κ2) is 7.87. The first-order chi connectivity index (χ1) is 12.0. The van der Waals surface area contributed by atoms with E-state index in [1.165, 1.54) is 0 Å². The van der Waals surface area contributed by atoms with E-state index in [2.05, 4.69) is 29.2 Å². The quantitative estimate of drug-likeness (QED) is 0.855. The van der Waals surface area contributed by atoms with Gasteiger partial charge in [0.2, 0.25) is 5.91 Å². The van der Waals surface area contributed by atoms with Crippen LogP contribution in [-0.4, -0.2) is 58.0 Å². The lowest BCUT2D eigenvalue weighted by Crippen LogP contribution is -2.47. The first-order valence-corrected chi connectivity index (χ1v) is 9.64. The molecule has 1 aromatic rings. The van der Waals surface area contributed by atoms with E-state index in [-0.39, 0.29) is 17.6 Å². The van der Waals surface area contributed by atoms with E-state index in [0.717, 1.165) is 44.5 Å². The van der Waals surface area contributed by atoms with Crippen LogP contribution in [0.2, 0.25) is 0 Å². The van der Waals surface area contributed by atoms with Gasteiger partial charge in [0.25, 0.3) is 0 Å². The molecule has 1 aromatic heterocycles. The molecule has 0 unspecified atom stereocenters. The molecule has 25 heavy (non-hydrogen) atoms. The number of nitrogens with zero attached hydrogens (tertiary/aromatic N) is 3. The van der Waals surface area contributed by atoms with Gasteiger partial charge in [-0.1, -0.05) is 0 Å². The molecule has 3 heterocycles. The summed E-state index contributed by atoms with van der Waals surface area (Å²) in [6.45, 7) is 9.98. The van der Waals surface area contributed by atoms with Gasteiger partial charge < -0.3 is 15.0 Å². The van der Waals surface area contributed by atoms with Crippen molar-refractivity contribution in [2.24, 2.45) is 0 Å². The lowest BCUT2D eigenvalue weighted by atomic mass is 9.88. The molecule has 1 atom stereocenters. The van der Waals surface area contributed by atoms with Gasteiger partial charge >= 0.3 is 0 Å². The van der Waals surface area contributed by atoms with Crippen molar-refractivity contribution >= 4 is 5.91 Å². The minimum atomic E-state index is 0.0629. The van der Waals surface area contributed by atoms with Crippen molar-refractivity contribution in [2.75, 3.05) is 19.6 Å². The van der Waals surface area contributed by atoms with Gasteiger partial charge in [-0.05, 0) is 52.5 Å². The molecule has 6 nitrogen and oxygen atoms in total. The number of carbonyl (C=O) groups excluding carboxylic acids is 1. The van der Waals surface area contributed by atoms with Crippen LogP contribution in [-0.2, 0) is 16.1 Å². The predicted molar refractivity (Wildman–Crippen MR) is 97.4 cm³/mol. The third-order valence-electron chi connectivity index (χ3n) is 5.65. The Hall–Kier alpha value is -1.40. The molecule has 6 heteroatoms. The largest absolute Gasteiger partial charge is 0.370 e. The Labute approximate surface area is 150 Å². The minimum Gasteiger partial charge on any atom is -0.370 e. The summed E-state index contributed by atoms with van der Waals surface area (Å²) in [4.78, 5) is 14.6. The van der Waals surface area contributed by atoms with Gasteiger partial charge in [0.15, 0.2) is 0 Å². The Morgan fingerprint density at radius 2 is 2.16 bits per heavy atom. The van der Waals surface area contributed by atoms with Gasteiger partial charge in [-0.25, -0.2) is 0 Å². The number of carbonyl (C=O) groups is 1. The summed E-state index contributed by atoms with van der Waals surface area (Å²) >= 11 is 0. The van der Waals surface area contributed by atoms with Crippen molar-refractivity contribution in [2.45, 2.75) is 77.2 Å². The summed E-state index contributed by atoms with van der Waals surface area (Å²) in [6.07, 6.45) is 6.97. The number of rotatable bonds is 6. The van der Waals surface area contributed by atoms with E-state index < -0.39 is 0 Å². The number of likely N-dealkylation sites (tertiary alicyclic amines) is 1. The van der Waals surface area contributed by atoms with Crippen LogP contribution in [0.5, 0.6) is 0 Å². The SMILES string of the molecule is Cc1ccn(CCC(=O)NC[C@@H]2CCC3(CCN(C(C)C)CC3)O2)n1. The molecule has 2 aliphatic rings. The van der Waals surface area contributed by atoms with Crippen LogP contribution >= 0.6 is 0 Å². The van der Waals surface area contributed by atoms with Crippen molar-refractivity contribution in [3.05, 3.63) is 18.0 Å². The van der Waals surface area contributed by atoms with E-state index >= 15 is 0 Å². The van der Waals surface area contributed by atoms with Gasteiger partial charge in [-0.3, -0.25) is 9.48 Å². The zero-order valence-corrected chi connectivity index (χ0v) is 15.8. The number of piperidine rings is 1. The summed E-state index contributed by atoms with van der Waals surface area (Å²) in [5.41, 5.74) is 1.04. The van der Waals surface area contributed by atoms with Gasteiger partial charge in [0.05, 0.1) is 17.4 Å². The van der Waals surface area contributed by atoms with Crippen LogP contribution in [0.1, 0.15) is 51.6 Å². The number of amides is 1. The lowest BCUT2D eigenvalue weighted by Gasteiger charge is -2.40. The Morgan fingerprint density at radius 1 is 1.40 bits per heavy atom. The molecular weight excluding hydrogens is 316 g/mol. The fourth-order valence-electron chi connectivity index (χ4n) is 3.97. The molecule has 2 aliphatic heterocycles. The van der Waals surface area contributed by atoms with Crippen molar-refractivity contribution in [1.82, 2.24) is 20.0 Å². The number of ether oxygens (including phenoxy) is 1. The third-order valence-corrected chi connectivity index (χ3v) is 5.65. The lowest BCUT2D eigenvalue weighted by molar-refractivity contribution is -0.123. The van der Waals surface area contributed by atoms with E-state index in [9.17, 15) is 4.79 Å². The monoisotopic (exact) mass is 348 g/mol. The van der Waals surface area contributed by atoms with Crippen LogP contribution < -0.4 is 5.32 Å². The first-order valence-electron chi connectivity index (χ1n) is 9.64. The van der Waals surface area contributed by atoms with Crippen LogP contribution in [0.3, 0.4) is 0 Å². The summed E-state index contributed by atoms with van der Waals surface area (Å²) in [6, 6.07) is 2.57. The molecule has 2 fully saturated rings. The molecule has 0 saturated carbocycles. The number of aromatic nitrogens is 2. The number of hydrogen-bond acceptors (Lipinski definition) is 4. The fourth-order valence-corrected chi connectivity index (χ4v) is 3.97. The first kappa shape index (κ1) is 18.4. The second-order valence-electron chi connectivity index (χ2n) is 7.87. The molecule has 1 spiro atoms. The average Bonchev–Trinajstić information content (AvgIpc) is 3.18. The Bertz CT molecular complexity index is 576. The molecule has 3 rings (SSSR count). The van der Waals surface area contributed by atoms with Gasteiger partial charge in [0, 0.05) is 44.8 Å². The molecule has 0 aliphatic carbocycles. The fraction of sp³-hybridized carbons (Fsp3) is 0.789. The van der Waals surface area contributed by atoms with E-state index in [1.807, 2.05) is 23.9 Å². The second-order valence-corrected chi connectivity index (χ2v) is 7.87. The van der Waals surface area contributed by atoms with Crippen LogP contribution in [0.15, 0.2) is 12.3 Å². The standard InChI is InChI=1S/C19H32N4O2/c1-15(2)22-12-8-19(9-13-22)7-4-17(25-19)14-20-18(24)6-11-23-10-5-16(3)21-23/h5,10,15,17H,4,6-9,11-14H2,1-3H3,(H,20,24)/t17-/m0/s1. The minimum absolute atomic E-state index is 0.0629. The number of aryl methyl sites for hydroxylation is 2. The summed E-state index contributed by atoms with van der Waals surface area (Å²) < 4.78 is 8.19. The van der Waals surface area contributed by atoms with Crippen LogP contribution in [0.25, 0.3) is 0 Å². The molecular formula is C19H32N4O2. The van der Waals surface area contributed by atoms with Crippen LogP contribution in [0, 0.1) is 6.92 Å². The average molecular weight is 348 g/mol. The predicted octanol–water partition coefficient (Wildman–Crippen LogP) is 2.12. The highest BCUT2D eigenvalue weighted by Gasteiger charge is 2.42. The summed E-state index contributed by atoms with van der Waals surface area (Å²) in [5, 5.41) is 7.34. The van der Waals surface area contributed by atoms with Crippen molar-refractivity contribution in [3.63, 3.8) is 0 Å². The van der Waals surface area contributed by atoms with E-state index in [4.69, 9.17) is 4.74 Å². The molecule has 2 saturated heterocycles. The highest BCUT2D eigenvalue weighted by molar-refractivity contribution is 5.75. The molecule has 1 N–H and O–H groups in total. The molecule has 0 radical (unpaired) electrons. The summed E-state index contributed by atoms with van der Waals surface area (Å²) in [5.74, 6) is 0.0762. The number of nitrogens with one attached hydrogen (secondary N) is 1. The topological polar surface area (TPSA) is 59.4 Å². The van der Waals surface area contributed by atoms with Crippen molar-refractivity contribution < 1.29 is 9.53 Å². The number of hydrogen-bond donors (Lipinski definition) is 1. The molecule has 0 bridgehead atoms. The zero-order valence-electron chi connectivity index (χ0n) is 15.8. The van der Waals surface area contributed by atoms with Gasteiger partial charge in [-0.15, -0.1) is 0 Å². The summed E-state index contributed by atoms with van der Waals surface area (Å²) in [7, 11) is 0. The van der Waals surface area contributed by atoms with Gasteiger partial charge in [0.1, 0.15) is 0 Å². The molecule has 1 amide bonds. The molecule has 0 aromatic carbocycles.